The van der Waals surface area contributed by atoms with Gasteiger partial charge in [0.05, 0.1) is 6.61 Å². The van der Waals surface area contributed by atoms with Crippen molar-refractivity contribution < 1.29 is 24.5 Å². The summed E-state index contributed by atoms with van der Waals surface area (Å²) in [5.74, 6) is -2.77. The van der Waals surface area contributed by atoms with Gasteiger partial charge in [-0.05, 0) is 20.8 Å². The molecule has 0 heterocycles. The Hall–Kier alpha value is -1.14. The molecule has 0 amide bonds. The Kier molecular flexibility index (Phi) is 3.61. The van der Waals surface area contributed by atoms with Crippen molar-refractivity contribution >= 4 is 11.9 Å². The van der Waals surface area contributed by atoms with E-state index in [9.17, 15) is 9.59 Å². The van der Waals surface area contributed by atoms with Crippen LogP contribution in [-0.2, 0) is 14.3 Å². The molecular weight excluding hydrogens is 190 g/mol. The highest BCUT2D eigenvalue weighted by Crippen LogP contribution is 2.12. The zero-order chi connectivity index (χ0) is 11.6. The van der Waals surface area contributed by atoms with Crippen molar-refractivity contribution in [3.63, 3.8) is 0 Å². The van der Waals surface area contributed by atoms with Crippen molar-refractivity contribution in [3.05, 3.63) is 0 Å². The predicted molar refractivity (Wildman–Crippen MR) is 47.5 cm³/mol. The maximum atomic E-state index is 11.3. The van der Waals surface area contributed by atoms with E-state index in [0.717, 1.165) is 0 Å². The second-order valence-electron chi connectivity index (χ2n) is 3.94. The van der Waals surface area contributed by atoms with Gasteiger partial charge in [-0.1, -0.05) is 0 Å². The zero-order valence-electron chi connectivity index (χ0n) is 8.40. The molecule has 0 saturated heterocycles. The summed E-state index contributed by atoms with van der Waals surface area (Å²) in [5, 5.41) is 17.3. The van der Waals surface area contributed by atoms with Crippen molar-refractivity contribution in [2.75, 3.05) is 6.61 Å². The van der Waals surface area contributed by atoms with Gasteiger partial charge in [0.2, 0.25) is 5.54 Å². The number of carbonyl (C=O) groups is 2. The van der Waals surface area contributed by atoms with Crippen LogP contribution in [0, 0.1) is 0 Å². The Bertz CT molecular complexity index is 245. The highest BCUT2D eigenvalue weighted by molar-refractivity contribution is 6.04. The molecule has 0 saturated carbocycles. The molecule has 0 aromatic rings. The number of rotatable bonds is 3. The van der Waals surface area contributed by atoms with Gasteiger partial charge < -0.3 is 20.7 Å². The maximum Gasteiger partial charge on any atom is 0.340 e. The minimum atomic E-state index is -2.38. The van der Waals surface area contributed by atoms with Crippen LogP contribution in [0.3, 0.4) is 0 Å². The van der Waals surface area contributed by atoms with Gasteiger partial charge in [0.15, 0.2) is 0 Å². The highest BCUT2D eigenvalue weighted by Gasteiger charge is 2.45. The third-order valence-electron chi connectivity index (χ3n) is 1.39. The smallest absolute Gasteiger partial charge is 0.340 e. The van der Waals surface area contributed by atoms with Crippen LogP contribution < -0.4 is 5.73 Å². The molecule has 1 atom stereocenters. The van der Waals surface area contributed by atoms with Gasteiger partial charge in [-0.15, -0.1) is 0 Å². The lowest BCUT2D eigenvalue weighted by atomic mass is 10.0. The summed E-state index contributed by atoms with van der Waals surface area (Å²) in [6, 6.07) is 0. The average molecular weight is 205 g/mol. The zero-order valence-corrected chi connectivity index (χ0v) is 8.40. The monoisotopic (exact) mass is 205 g/mol. The Balaban J connectivity index is 4.73. The van der Waals surface area contributed by atoms with Crippen LogP contribution in [0.2, 0.25) is 0 Å². The van der Waals surface area contributed by atoms with E-state index >= 15 is 0 Å². The maximum absolute atomic E-state index is 11.3. The molecule has 0 aliphatic heterocycles. The first kappa shape index (κ1) is 12.9. The Labute approximate surface area is 81.7 Å². The molecule has 0 aromatic heterocycles. The number of aliphatic hydroxyl groups excluding tert-OH is 1. The molecule has 82 valence electrons. The number of aliphatic carboxylic acids is 1. The molecule has 0 radical (unpaired) electrons. The second kappa shape index (κ2) is 3.93. The van der Waals surface area contributed by atoms with Gasteiger partial charge in [0.25, 0.3) is 0 Å². The normalized spacial score (nSPS) is 15.8. The van der Waals surface area contributed by atoms with Crippen LogP contribution in [0.1, 0.15) is 20.8 Å². The number of hydrogen-bond donors (Lipinski definition) is 3. The molecule has 14 heavy (non-hydrogen) atoms. The first-order chi connectivity index (χ1) is 6.13. The molecule has 0 aliphatic rings. The van der Waals surface area contributed by atoms with E-state index < -0.39 is 29.7 Å². The number of ether oxygens (including phenoxy) is 1. The molecule has 0 bridgehead atoms. The number of carboxylic acid groups (broad SMARTS) is 1. The first-order valence-electron chi connectivity index (χ1n) is 4.00. The summed E-state index contributed by atoms with van der Waals surface area (Å²) in [7, 11) is 0. The van der Waals surface area contributed by atoms with E-state index in [0.29, 0.717) is 0 Å². The minimum absolute atomic E-state index is 0.841. The van der Waals surface area contributed by atoms with E-state index in [2.05, 4.69) is 0 Å². The standard InChI is InChI=1S/C8H15NO5/c1-7(2,3)14-6(13)8(9,4-10)5(11)12/h10H,4,9H2,1-3H3,(H,11,12)/t8-/m0/s1. The lowest BCUT2D eigenvalue weighted by molar-refractivity contribution is -0.171. The van der Waals surface area contributed by atoms with Gasteiger partial charge in [0.1, 0.15) is 5.60 Å². The van der Waals surface area contributed by atoms with Crippen LogP contribution in [0.25, 0.3) is 0 Å². The largest absolute Gasteiger partial charge is 0.479 e. The minimum Gasteiger partial charge on any atom is -0.479 e. The molecule has 0 spiro atoms. The van der Waals surface area contributed by atoms with Gasteiger partial charge in [-0.2, -0.15) is 0 Å². The summed E-state index contributed by atoms with van der Waals surface area (Å²) in [5.41, 5.74) is 1.94. The van der Waals surface area contributed by atoms with E-state index in [4.69, 9.17) is 20.7 Å². The summed E-state index contributed by atoms with van der Waals surface area (Å²) in [4.78, 5) is 21.9. The molecule has 4 N–H and O–H groups in total. The molecule has 0 fully saturated rings. The van der Waals surface area contributed by atoms with Crippen molar-refractivity contribution in [1.29, 1.82) is 0 Å². The van der Waals surface area contributed by atoms with Crippen LogP contribution in [-0.4, -0.2) is 39.9 Å². The van der Waals surface area contributed by atoms with E-state index in [1.165, 1.54) is 0 Å². The number of carbonyl (C=O) groups excluding carboxylic acids is 1. The number of aliphatic hydroxyl groups is 1. The van der Waals surface area contributed by atoms with Crippen molar-refractivity contribution in [1.82, 2.24) is 0 Å². The van der Waals surface area contributed by atoms with E-state index in [-0.39, 0.29) is 0 Å². The second-order valence-corrected chi connectivity index (χ2v) is 3.94. The Morgan fingerprint density at radius 3 is 2.00 bits per heavy atom. The fourth-order valence-electron chi connectivity index (χ4n) is 0.589. The average Bonchev–Trinajstić information content (AvgIpc) is 1.99. The number of carboxylic acids is 1. The SMILES string of the molecule is CC(C)(C)OC(=O)[C@](N)(CO)C(=O)O. The van der Waals surface area contributed by atoms with Crippen LogP contribution >= 0.6 is 0 Å². The van der Waals surface area contributed by atoms with E-state index in [1.807, 2.05) is 0 Å². The van der Waals surface area contributed by atoms with Crippen molar-refractivity contribution in [2.24, 2.45) is 5.73 Å². The number of nitrogens with two attached hydrogens (primary N) is 1. The van der Waals surface area contributed by atoms with Gasteiger partial charge in [-0.25, -0.2) is 9.59 Å². The number of esters is 1. The lowest BCUT2D eigenvalue weighted by Crippen LogP contribution is -2.59. The van der Waals surface area contributed by atoms with Gasteiger partial charge >= 0.3 is 11.9 Å². The van der Waals surface area contributed by atoms with Gasteiger partial charge in [-0.3, -0.25) is 0 Å². The van der Waals surface area contributed by atoms with Crippen molar-refractivity contribution in [2.45, 2.75) is 31.9 Å². The lowest BCUT2D eigenvalue weighted by Gasteiger charge is -2.26. The van der Waals surface area contributed by atoms with Crippen LogP contribution in [0.15, 0.2) is 0 Å². The quantitative estimate of drug-likeness (QED) is 0.407. The molecular formula is C8H15NO5. The van der Waals surface area contributed by atoms with Crippen molar-refractivity contribution in [3.8, 4) is 0 Å². The topological polar surface area (TPSA) is 110 Å². The van der Waals surface area contributed by atoms with Crippen LogP contribution in [0.4, 0.5) is 0 Å². The van der Waals surface area contributed by atoms with Gasteiger partial charge in [0, 0.05) is 0 Å². The fourth-order valence-corrected chi connectivity index (χ4v) is 0.589. The third-order valence-corrected chi connectivity index (χ3v) is 1.39. The molecule has 0 aliphatic carbocycles. The van der Waals surface area contributed by atoms with Crippen LogP contribution in [0.5, 0.6) is 0 Å². The molecule has 0 unspecified atom stereocenters. The first-order valence-corrected chi connectivity index (χ1v) is 4.00. The Morgan fingerprint density at radius 2 is 1.79 bits per heavy atom. The summed E-state index contributed by atoms with van der Waals surface area (Å²) >= 11 is 0. The molecule has 6 nitrogen and oxygen atoms in total. The third kappa shape index (κ3) is 2.97. The summed E-state index contributed by atoms with van der Waals surface area (Å²) in [6.45, 7) is 3.72. The fraction of sp³-hybridized carbons (Fsp3) is 0.750. The summed E-state index contributed by atoms with van der Waals surface area (Å²) < 4.78 is 4.75. The predicted octanol–water partition coefficient (Wildman–Crippen LogP) is -0.897. The molecule has 6 heteroatoms. The number of hydrogen-bond acceptors (Lipinski definition) is 5. The summed E-state index contributed by atoms with van der Waals surface area (Å²) in [6.07, 6.45) is 0. The highest BCUT2D eigenvalue weighted by atomic mass is 16.6. The molecule has 0 rings (SSSR count). The Morgan fingerprint density at radius 1 is 1.36 bits per heavy atom. The molecule has 0 aromatic carbocycles. The van der Waals surface area contributed by atoms with E-state index in [1.54, 1.807) is 20.8 Å².